The number of hydrogen-bond donors (Lipinski definition) is 0. The Labute approximate surface area is 456 Å². The maximum Gasteiger partial charge on any atom is 0.306 e. The molecule has 0 saturated heterocycles. The molecule has 0 bridgehead atoms. The molecule has 0 aromatic heterocycles. The van der Waals surface area contributed by atoms with E-state index < -0.39 is 6.10 Å². The molecule has 0 saturated carbocycles. The smallest absolute Gasteiger partial charge is 0.306 e. The zero-order valence-corrected chi connectivity index (χ0v) is 48.1. The largest absolute Gasteiger partial charge is 0.462 e. The van der Waals surface area contributed by atoms with Crippen LogP contribution in [0.5, 0.6) is 0 Å². The summed E-state index contributed by atoms with van der Waals surface area (Å²) in [6.07, 6.45) is 85.0. The molecule has 0 heterocycles. The molecular weight excluding hydrogens is 913 g/mol. The summed E-state index contributed by atoms with van der Waals surface area (Å²) in [6.45, 7) is 6.47. The van der Waals surface area contributed by atoms with Crippen LogP contribution in [-0.4, -0.2) is 37.2 Å². The number of ether oxygens (including phenoxy) is 3. The minimum atomic E-state index is -0.793. The molecule has 0 spiro atoms. The molecule has 0 aliphatic rings. The van der Waals surface area contributed by atoms with Gasteiger partial charge in [0.25, 0.3) is 0 Å². The van der Waals surface area contributed by atoms with Gasteiger partial charge in [-0.05, 0) is 96.3 Å². The van der Waals surface area contributed by atoms with Gasteiger partial charge in [0, 0.05) is 19.3 Å². The van der Waals surface area contributed by atoms with Crippen LogP contribution in [0, 0.1) is 0 Å². The number of carbonyl (C=O) groups is 3. The van der Waals surface area contributed by atoms with E-state index in [0.717, 1.165) is 122 Å². The Kier molecular flexibility index (Phi) is 57.9. The molecule has 6 heteroatoms. The van der Waals surface area contributed by atoms with E-state index in [1.807, 2.05) is 0 Å². The van der Waals surface area contributed by atoms with Crippen molar-refractivity contribution in [2.45, 2.75) is 277 Å². The highest BCUT2D eigenvalue weighted by Gasteiger charge is 2.19. The van der Waals surface area contributed by atoms with Gasteiger partial charge < -0.3 is 14.2 Å². The Balaban J connectivity index is 4.28. The van der Waals surface area contributed by atoms with E-state index in [-0.39, 0.29) is 31.1 Å². The van der Waals surface area contributed by atoms with Crippen molar-refractivity contribution in [1.29, 1.82) is 0 Å². The zero-order valence-electron chi connectivity index (χ0n) is 48.1. The van der Waals surface area contributed by atoms with Crippen molar-refractivity contribution in [3.05, 3.63) is 122 Å². The number of unbranched alkanes of at least 4 members (excludes halogenated alkanes) is 23. The zero-order chi connectivity index (χ0) is 53.6. The lowest BCUT2D eigenvalue weighted by atomic mass is 10.0. The van der Waals surface area contributed by atoms with Crippen molar-refractivity contribution in [3.8, 4) is 0 Å². The normalized spacial score (nSPS) is 13.0. The van der Waals surface area contributed by atoms with E-state index in [4.69, 9.17) is 14.2 Å². The van der Waals surface area contributed by atoms with Crippen LogP contribution >= 0.6 is 0 Å². The first-order valence-electron chi connectivity index (χ1n) is 30.5. The number of carbonyl (C=O) groups excluding carboxylic acids is 3. The molecule has 1 atom stereocenters. The topological polar surface area (TPSA) is 78.9 Å². The number of allylic oxidation sites excluding steroid dienone is 20. The van der Waals surface area contributed by atoms with Gasteiger partial charge in [0.2, 0.25) is 0 Å². The quantitative estimate of drug-likeness (QED) is 0.0261. The molecular formula is C68H112O6. The standard InChI is InChI=1S/C68H112O6/c1-4-7-10-13-16-19-21-23-25-26-27-28-29-30-31-32-33-34-35-36-37-38-39-40-41-42-43-45-46-49-52-55-58-61-67(70)73-64-65(63-72-66(69)60-57-54-51-48-18-15-12-9-6-3)74-68(71)62-59-56-53-50-47-44-24-22-20-17-14-11-8-5-2/h7,10,16,19,23,25,27-28,30-31,33-34,36-37,39-40,42-43,46,49,65H,4-6,8-9,11-15,17-18,20-22,24,26,29,32,35,38,41,44-45,47-48,50-64H2,1-3H3/b10-7-,19-16-,25-23-,28-27-,31-30-,34-33-,37-36-,40-39-,43-42-,49-46-. The van der Waals surface area contributed by atoms with Gasteiger partial charge in [-0.2, -0.15) is 0 Å². The summed E-state index contributed by atoms with van der Waals surface area (Å²) in [5.74, 6) is -0.936. The van der Waals surface area contributed by atoms with Gasteiger partial charge in [-0.1, -0.05) is 277 Å². The van der Waals surface area contributed by atoms with Gasteiger partial charge in [-0.25, -0.2) is 0 Å². The molecule has 0 amide bonds. The summed E-state index contributed by atoms with van der Waals surface area (Å²) in [5, 5.41) is 0. The van der Waals surface area contributed by atoms with E-state index in [0.29, 0.717) is 19.3 Å². The first-order valence-corrected chi connectivity index (χ1v) is 30.5. The molecule has 420 valence electrons. The van der Waals surface area contributed by atoms with Gasteiger partial charge in [0.1, 0.15) is 13.2 Å². The molecule has 0 N–H and O–H groups in total. The molecule has 74 heavy (non-hydrogen) atoms. The number of esters is 3. The van der Waals surface area contributed by atoms with Gasteiger partial charge in [0.15, 0.2) is 6.10 Å². The molecule has 0 aliphatic heterocycles. The maximum absolute atomic E-state index is 12.8. The SMILES string of the molecule is CC/C=C\C/C=C\C/C=C\C/C=C\C/C=C\C/C=C\C/C=C\C/C=C\C/C=C\C/C=C\CCCCC(=O)OCC(COC(=O)CCCCCCCCCCC)OC(=O)CCCCCCCCCCCCCCCC. The minimum Gasteiger partial charge on any atom is -0.462 e. The van der Waals surface area contributed by atoms with Crippen molar-refractivity contribution in [3.63, 3.8) is 0 Å². The predicted molar refractivity (Wildman–Crippen MR) is 320 cm³/mol. The molecule has 0 aromatic rings. The molecule has 0 aliphatic carbocycles. The second-order valence-corrected chi connectivity index (χ2v) is 19.9. The fourth-order valence-electron chi connectivity index (χ4n) is 8.18. The third-order valence-corrected chi connectivity index (χ3v) is 12.7. The average molecular weight is 1030 g/mol. The van der Waals surface area contributed by atoms with Crippen LogP contribution in [0.25, 0.3) is 0 Å². The number of rotatable bonds is 54. The summed E-state index contributed by atoms with van der Waals surface area (Å²) in [6, 6.07) is 0. The van der Waals surface area contributed by atoms with Gasteiger partial charge in [-0.3, -0.25) is 14.4 Å². The first kappa shape index (κ1) is 69.8. The maximum atomic E-state index is 12.8. The number of hydrogen-bond acceptors (Lipinski definition) is 6. The van der Waals surface area contributed by atoms with Gasteiger partial charge in [-0.15, -0.1) is 0 Å². The summed E-state index contributed by atoms with van der Waals surface area (Å²) in [7, 11) is 0. The molecule has 0 aromatic carbocycles. The Bertz CT molecular complexity index is 1550. The highest BCUT2D eigenvalue weighted by molar-refractivity contribution is 5.71. The third-order valence-electron chi connectivity index (χ3n) is 12.7. The van der Waals surface area contributed by atoms with Crippen LogP contribution in [0.2, 0.25) is 0 Å². The summed E-state index contributed by atoms with van der Waals surface area (Å²) in [5.41, 5.74) is 0. The van der Waals surface area contributed by atoms with Crippen molar-refractivity contribution in [2.24, 2.45) is 0 Å². The van der Waals surface area contributed by atoms with Crippen LogP contribution in [0.15, 0.2) is 122 Å². The van der Waals surface area contributed by atoms with Crippen molar-refractivity contribution in [1.82, 2.24) is 0 Å². The molecule has 1 unspecified atom stereocenters. The predicted octanol–water partition coefficient (Wildman–Crippen LogP) is 20.8. The molecule has 0 rings (SSSR count). The van der Waals surface area contributed by atoms with Crippen molar-refractivity contribution in [2.75, 3.05) is 13.2 Å². The lowest BCUT2D eigenvalue weighted by molar-refractivity contribution is -0.167. The van der Waals surface area contributed by atoms with Gasteiger partial charge >= 0.3 is 17.9 Å². The van der Waals surface area contributed by atoms with Crippen molar-refractivity contribution >= 4 is 17.9 Å². The summed E-state index contributed by atoms with van der Waals surface area (Å²) >= 11 is 0. The van der Waals surface area contributed by atoms with Gasteiger partial charge in [0.05, 0.1) is 0 Å². The Morgan fingerprint density at radius 2 is 0.527 bits per heavy atom. The molecule has 0 radical (unpaired) electrons. The second kappa shape index (κ2) is 61.4. The third kappa shape index (κ3) is 58.7. The lowest BCUT2D eigenvalue weighted by Gasteiger charge is -2.18. The molecule has 6 nitrogen and oxygen atoms in total. The monoisotopic (exact) mass is 1020 g/mol. The minimum absolute atomic E-state index is 0.0901. The first-order chi connectivity index (χ1) is 36.5. The highest BCUT2D eigenvalue weighted by atomic mass is 16.6. The van der Waals surface area contributed by atoms with Crippen LogP contribution in [0.3, 0.4) is 0 Å². The van der Waals surface area contributed by atoms with Crippen molar-refractivity contribution < 1.29 is 28.6 Å². The summed E-state index contributed by atoms with van der Waals surface area (Å²) in [4.78, 5) is 38.0. The summed E-state index contributed by atoms with van der Waals surface area (Å²) < 4.78 is 16.8. The average Bonchev–Trinajstić information content (AvgIpc) is 3.40. The fraction of sp³-hybridized carbons (Fsp3) is 0.662. The van der Waals surface area contributed by atoms with E-state index in [2.05, 4.69) is 142 Å². The van der Waals surface area contributed by atoms with E-state index in [9.17, 15) is 14.4 Å². The molecule has 0 fully saturated rings. The van der Waals surface area contributed by atoms with Crippen LogP contribution < -0.4 is 0 Å². The van der Waals surface area contributed by atoms with E-state index in [1.54, 1.807) is 0 Å². The highest BCUT2D eigenvalue weighted by Crippen LogP contribution is 2.15. The second-order valence-electron chi connectivity index (χ2n) is 19.9. The Morgan fingerprint density at radius 3 is 0.824 bits per heavy atom. The van der Waals surface area contributed by atoms with E-state index in [1.165, 1.54) is 109 Å². The van der Waals surface area contributed by atoms with E-state index >= 15 is 0 Å². The Hall–Kier alpha value is -4.19. The van der Waals surface area contributed by atoms with Crippen LogP contribution in [0.4, 0.5) is 0 Å². The Morgan fingerprint density at radius 1 is 0.284 bits per heavy atom. The van der Waals surface area contributed by atoms with Crippen LogP contribution in [-0.2, 0) is 28.6 Å². The lowest BCUT2D eigenvalue weighted by Crippen LogP contribution is -2.30. The van der Waals surface area contributed by atoms with Crippen LogP contribution in [0.1, 0.15) is 271 Å². The fourth-order valence-corrected chi connectivity index (χ4v) is 8.18.